The molecule has 16 heteroatoms. The summed E-state index contributed by atoms with van der Waals surface area (Å²) in [6.07, 6.45) is 4.55. The van der Waals surface area contributed by atoms with Gasteiger partial charge in [-0.05, 0) is 80.4 Å². The van der Waals surface area contributed by atoms with Crippen LogP contribution in [-0.2, 0) is 14.4 Å². The van der Waals surface area contributed by atoms with E-state index < -0.39 is 6.04 Å². The minimum Gasteiger partial charge on any atom is -0.494 e. The Bertz CT molecular complexity index is 2150. The molecule has 1 atom stereocenters. The van der Waals surface area contributed by atoms with Crippen molar-refractivity contribution in [2.75, 3.05) is 98.5 Å². The van der Waals surface area contributed by atoms with Crippen molar-refractivity contribution in [2.24, 2.45) is 5.92 Å². The number of nitrogens with one attached hydrogen (secondary N) is 4. The van der Waals surface area contributed by atoms with E-state index in [-0.39, 0.29) is 31.6 Å². The Hall–Kier alpha value is -5.17. The first kappa shape index (κ1) is 40.6. The average Bonchev–Trinajstić information content (AvgIpc) is 3.23. The SMILES string of the molecule is COc1cc(N2CCC(N3CCN(C(=O)C4CN(c5ccc(NC6CCC(=O)NC6=O)cc5)C4)CC3)CC2)ccc1Nc1ncc(Cl)c(Nc2ccccc2P(C)C)n1. The largest absolute Gasteiger partial charge is 0.494 e. The fourth-order valence-corrected chi connectivity index (χ4v) is 9.55. The first-order valence-electron chi connectivity index (χ1n) is 20.4. The van der Waals surface area contributed by atoms with Crippen LogP contribution in [0.4, 0.5) is 40.2 Å². The average molecular weight is 839 g/mol. The van der Waals surface area contributed by atoms with Crippen LogP contribution in [0.3, 0.4) is 0 Å². The number of para-hydroxylation sites is 1. The van der Waals surface area contributed by atoms with Gasteiger partial charge >= 0.3 is 0 Å². The summed E-state index contributed by atoms with van der Waals surface area (Å²) in [5.74, 6) is 1.42. The number of halogens is 1. The van der Waals surface area contributed by atoms with E-state index in [0.717, 1.165) is 80.5 Å². The van der Waals surface area contributed by atoms with Crippen molar-refractivity contribution in [1.82, 2.24) is 25.1 Å². The number of anilines is 7. The fourth-order valence-electron chi connectivity index (χ4n) is 8.41. The zero-order valence-corrected chi connectivity index (χ0v) is 35.4. The van der Waals surface area contributed by atoms with Gasteiger partial charge < -0.3 is 35.4 Å². The molecule has 0 radical (unpaired) electrons. The van der Waals surface area contributed by atoms with E-state index in [0.29, 0.717) is 54.5 Å². The van der Waals surface area contributed by atoms with Gasteiger partial charge in [0.05, 0.1) is 24.9 Å². The maximum atomic E-state index is 13.4. The van der Waals surface area contributed by atoms with E-state index in [1.807, 2.05) is 48.5 Å². The summed E-state index contributed by atoms with van der Waals surface area (Å²) in [7, 11) is 1.35. The van der Waals surface area contributed by atoms with Crippen molar-refractivity contribution in [1.29, 1.82) is 0 Å². The number of ether oxygens (including phenoxy) is 1. The molecule has 1 unspecified atom stereocenters. The number of nitrogens with zero attached hydrogens (tertiary/aromatic N) is 6. The Kier molecular flexibility index (Phi) is 12.4. The molecule has 5 heterocycles. The Labute approximate surface area is 351 Å². The highest BCUT2D eigenvalue weighted by molar-refractivity contribution is 7.64. The molecule has 0 saturated carbocycles. The second kappa shape index (κ2) is 18.0. The molecule has 4 aliphatic heterocycles. The van der Waals surface area contributed by atoms with E-state index in [1.54, 1.807) is 13.3 Å². The molecule has 4 N–H and O–H groups in total. The summed E-state index contributed by atoms with van der Waals surface area (Å²) in [6, 6.07) is 22.4. The van der Waals surface area contributed by atoms with E-state index in [1.165, 1.54) is 5.30 Å². The summed E-state index contributed by atoms with van der Waals surface area (Å²) < 4.78 is 5.83. The van der Waals surface area contributed by atoms with Gasteiger partial charge in [0.2, 0.25) is 23.7 Å². The van der Waals surface area contributed by atoms with E-state index in [4.69, 9.17) is 21.3 Å². The highest BCUT2D eigenvalue weighted by Gasteiger charge is 2.37. The molecule has 3 aromatic carbocycles. The highest BCUT2D eigenvalue weighted by atomic mass is 35.5. The zero-order valence-electron chi connectivity index (χ0n) is 33.8. The number of methoxy groups -OCH3 is 1. The number of piperazine rings is 1. The molecule has 4 aliphatic rings. The summed E-state index contributed by atoms with van der Waals surface area (Å²) in [4.78, 5) is 55.4. The number of carbonyl (C=O) groups excluding carboxylic acids is 3. The zero-order chi connectivity index (χ0) is 41.0. The molecular formula is C43H52ClN10O4P. The van der Waals surface area contributed by atoms with E-state index in [2.05, 4.69) is 77.4 Å². The first-order valence-corrected chi connectivity index (χ1v) is 23.0. The predicted molar refractivity (Wildman–Crippen MR) is 237 cm³/mol. The minimum absolute atomic E-state index is 0.0103. The summed E-state index contributed by atoms with van der Waals surface area (Å²) >= 11 is 6.52. The second-order valence-corrected chi connectivity index (χ2v) is 18.5. The van der Waals surface area contributed by atoms with E-state index in [9.17, 15) is 14.4 Å². The quantitative estimate of drug-likeness (QED) is 0.106. The van der Waals surface area contributed by atoms with Crippen LogP contribution in [-0.4, -0.2) is 122 Å². The number of hydrogen-bond donors (Lipinski definition) is 4. The summed E-state index contributed by atoms with van der Waals surface area (Å²) in [6.45, 7) is 11.1. The Morgan fingerprint density at radius 2 is 1.59 bits per heavy atom. The van der Waals surface area contributed by atoms with Crippen LogP contribution >= 0.6 is 19.5 Å². The molecule has 14 nitrogen and oxygen atoms in total. The van der Waals surface area contributed by atoms with Crippen LogP contribution < -0.4 is 41.1 Å². The van der Waals surface area contributed by atoms with Gasteiger partial charge in [-0.2, -0.15) is 4.98 Å². The number of carbonyl (C=O) groups is 3. The fraction of sp³-hybridized carbons (Fsp3) is 0.419. The molecule has 4 fully saturated rings. The lowest BCUT2D eigenvalue weighted by atomic mass is 9.96. The van der Waals surface area contributed by atoms with Crippen LogP contribution in [0.15, 0.2) is 72.9 Å². The molecule has 0 spiro atoms. The lowest BCUT2D eigenvalue weighted by molar-refractivity contribution is -0.138. The van der Waals surface area contributed by atoms with Crippen molar-refractivity contribution in [2.45, 2.75) is 37.8 Å². The van der Waals surface area contributed by atoms with Crippen molar-refractivity contribution < 1.29 is 19.1 Å². The minimum atomic E-state index is -0.411. The number of aromatic nitrogens is 2. The number of hydrogen-bond acceptors (Lipinski definition) is 12. The molecule has 4 aromatic rings. The number of benzene rings is 3. The molecule has 3 amide bonds. The van der Waals surface area contributed by atoms with Crippen LogP contribution in [0.2, 0.25) is 5.02 Å². The van der Waals surface area contributed by atoms with Crippen LogP contribution in [0, 0.1) is 5.92 Å². The van der Waals surface area contributed by atoms with Gasteiger partial charge in [0.15, 0.2) is 5.82 Å². The van der Waals surface area contributed by atoms with Crippen molar-refractivity contribution >= 4 is 82.8 Å². The predicted octanol–water partition coefficient (Wildman–Crippen LogP) is 5.46. The molecule has 0 aliphatic carbocycles. The monoisotopic (exact) mass is 838 g/mol. The topological polar surface area (TPSA) is 147 Å². The van der Waals surface area contributed by atoms with Gasteiger partial charge in [-0.1, -0.05) is 37.7 Å². The second-order valence-electron chi connectivity index (χ2n) is 15.8. The van der Waals surface area contributed by atoms with Crippen molar-refractivity contribution in [3.63, 3.8) is 0 Å². The lowest BCUT2D eigenvalue weighted by Crippen LogP contribution is -2.59. The van der Waals surface area contributed by atoms with E-state index >= 15 is 0 Å². The normalized spacial score (nSPS) is 19.3. The summed E-state index contributed by atoms with van der Waals surface area (Å²) in [5.41, 5.74) is 4.76. The van der Waals surface area contributed by atoms with Crippen molar-refractivity contribution in [3.8, 4) is 5.75 Å². The van der Waals surface area contributed by atoms with Gasteiger partial charge in [0, 0.05) is 93.6 Å². The Morgan fingerprint density at radius 3 is 2.31 bits per heavy atom. The molecule has 0 bridgehead atoms. The molecule has 310 valence electrons. The van der Waals surface area contributed by atoms with Gasteiger partial charge in [-0.3, -0.25) is 24.6 Å². The number of piperidine rings is 2. The first-order chi connectivity index (χ1) is 28.6. The van der Waals surface area contributed by atoms with Crippen molar-refractivity contribution in [3.05, 3.63) is 77.9 Å². The van der Waals surface area contributed by atoms with Gasteiger partial charge in [0.25, 0.3) is 0 Å². The molecule has 59 heavy (non-hydrogen) atoms. The highest BCUT2D eigenvalue weighted by Crippen LogP contribution is 2.35. The third kappa shape index (κ3) is 9.35. The molecular weight excluding hydrogens is 787 g/mol. The summed E-state index contributed by atoms with van der Waals surface area (Å²) in [5, 5.41) is 14.0. The van der Waals surface area contributed by atoms with Crippen LogP contribution in [0.1, 0.15) is 25.7 Å². The van der Waals surface area contributed by atoms with Gasteiger partial charge in [-0.25, -0.2) is 4.98 Å². The van der Waals surface area contributed by atoms with Crippen LogP contribution in [0.5, 0.6) is 5.75 Å². The Morgan fingerprint density at radius 1 is 0.864 bits per heavy atom. The molecule has 8 rings (SSSR count). The third-order valence-electron chi connectivity index (χ3n) is 11.8. The molecule has 4 saturated heterocycles. The standard InChI is InChI=1S/C43H52ClN10O4P/c1-58-37-24-32(12-13-34(37)48-43-45-25-33(44)40(50-43)47-35-6-4-5-7-38(35)59(2)3)51-18-16-31(17-19-51)52-20-22-53(23-21-52)42(57)28-26-54(27-28)30-10-8-29(9-11-30)46-36-14-15-39(55)49-41(36)56/h4-13,24-25,28,31,36,46H,14-23,26-27H2,1-3H3,(H,49,55,56)(H2,45,47,48,50). The number of imide groups is 1. The Balaban J connectivity index is 0.782. The van der Waals surface area contributed by atoms with Gasteiger partial charge in [0.1, 0.15) is 16.8 Å². The van der Waals surface area contributed by atoms with Crippen LogP contribution in [0.25, 0.3) is 0 Å². The smallest absolute Gasteiger partial charge is 0.249 e. The van der Waals surface area contributed by atoms with Gasteiger partial charge in [-0.15, -0.1) is 0 Å². The number of rotatable bonds is 12. The maximum absolute atomic E-state index is 13.4. The lowest BCUT2D eigenvalue weighted by Gasteiger charge is -2.46. The third-order valence-corrected chi connectivity index (χ3v) is 13.5. The maximum Gasteiger partial charge on any atom is 0.249 e. The number of amides is 3. The molecule has 1 aromatic heterocycles.